The van der Waals surface area contributed by atoms with Crippen LogP contribution >= 0.6 is 22.7 Å². The second-order valence-electron chi connectivity index (χ2n) is 7.60. The summed E-state index contributed by atoms with van der Waals surface area (Å²) >= 11 is 2.83. The Morgan fingerprint density at radius 2 is 1.94 bits per heavy atom. The van der Waals surface area contributed by atoms with E-state index in [4.69, 9.17) is 9.47 Å². The Labute approximate surface area is 203 Å². The Bertz CT molecular complexity index is 1490. The van der Waals surface area contributed by atoms with Gasteiger partial charge < -0.3 is 9.47 Å². The Kier molecular flexibility index (Phi) is 6.76. The first-order chi connectivity index (χ1) is 16.3. The molecule has 174 valence electrons. The first kappa shape index (κ1) is 23.6. The molecule has 0 saturated heterocycles. The summed E-state index contributed by atoms with van der Waals surface area (Å²) in [4.78, 5) is 43.9. The SMILES string of the molecule is C=CCOC(=O)C1=C(C)N=c2s/c(=C/c3sccc3C)c(=O)n2[C@H]1c1ccc(OC(C)=O)cc1. The zero-order valence-electron chi connectivity index (χ0n) is 18.9. The van der Waals surface area contributed by atoms with Gasteiger partial charge in [0.2, 0.25) is 0 Å². The fourth-order valence-corrected chi connectivity index (χ4v) is 5.61. The van der Waals surface area contributed by atoms with Crippen molar-refractivity contribution < 1.29 is 19.1 Å². The van der Waals surface area contributed by atoms with Gasteiger partial charge in [0.25, 0.3) is 5.56 Å². The second-order valence-corrected chi connectivity index (χ2v) is 9.56. The van der Waals surface area contributed by atoms with E-state index in [1.54, 1.807) is 42.5 Å². The maximum atomic E-state index is 13.6. The second kappa shape index (κ2) is 9.74. The number of thiophene rings is 1. The highest BCUT2D eigenvalue weighted by Crippen LogP contribution is 2.31. The van der Waals surface area contributed by atoms with E-state index in [0.29, 0.717) is 26.3 Å². The zero-order valence-corrected chi connectivity index (χ0v) is 20.5. The van der Waals surface area contributed by atoms with Crippen LogP contribution in [0.4, 0.5) is 0 Å². The number of rotatable bonds is 6. The largest absolute Gasteiger partial charge is 0.458 e. The number of hydrogen-bond acceptors (Lipinski definition) is 8. The molecule has 4 rings (SSSR count). The van der Waals surface area contributed by atoms with E-state index in [9.17, 15) is 14.4 Å². The van der Waals surface area contributed by atoms with E-state index in [2.05, 4.69) is 11.6 Å². The average Bonchev–Trinajstić information content (AvgIpc) is 3.34. The van der Waals surface area contributed by atoms with Crippen LogP contribution in [0.1, 0.15) is 35.9 Å². The van der Waals surface area contributed by atoms with E-state index < -0.39 is 18.0 Å². The van der Waals surface area contributed by atoms with Crippen LogP contribution in [0, 0.1) is 6.92 Å². The van der Waals surface area contributed by atoms with Crippen molar-refractivity contribution in [3.05, 3.63) is 95.3 Å². The molecule has 0 fully saturated rings. The fourth-order valence-electron chi connectivity index (χ4n) is 3.65. The van der Waals surface area contributed by atoms with E-state index >= 15 is 0 Å². The van der Waals surface area contributed by atoms with Crippen LogP contribution in [0.5, 0.6) is 5.75 Å². The molecule has 1 atom stereocenters. The number of benzene rings is 1. The molecule has 0 saturated carbocycles. The lowest BCUT2D eigenvalue weighted by Crippen LogP contribution is -2.39. The zero-order chi connectivity index (χ0) is 24.4. The molecule has 2 aromatic heterocycles. The lowest BCUT2D eigenvalue weighted by molar-refractivity contribution is -0.138. The molecule has 0 spiro atoms. The summed E-state index contributed by atoms with van der Waals surface area (Å²) in [6.45, 7) is 8.66. The van der Waals surface area contributed by atoms with Gasteiger partial charge in [0.15, 0.2) is 4.80 Å². The van der Waals surface area contributed by atoms with Crippen LogP contribution in [0.3, 0.4) is 0 Å². The summed E-state index contributed by atoms with van der Waals surface area (Å²) in [5.74, 6) is -0.638. The van der Waals surface area contributed by atoms with Crippen molar-refractivity contribution in [1.82, 2.24) is 4.57 Å². The lowest BCUT2D eigenvalue weighted by atomic mass is 9.96. The third-order valence-corrected chi connectivity index (χ3v) is 7.14. The van der Waals surface area contributed by atoms with Crippen molar-refractivity contribution in [2.45, 2.75) is 26.8 Å². The number of thiazole rings is 1. The molecule has 0 bridgehead atoms. The number of hydrogen-bond donors (Lipinski definition) is 0. The van der Waals surface area contributed by atoms with Crippen molar-refractivity contribution in [2.24, 2.45) is 4.99 Å². The Morgan fingerprint density at radius 3 is 2.56 bits per heavy atom. The van der Waals surface area contributed by atoms with Crippen LogP contribution in [0.2, 0.25) is 0 Å². The van der Waals surface area contributed by atoms with Gasteiger partial charge in [0.05, 0.1) is 21.8 Å². The van der Waals surface area contributed by atoms with Gasteiger partial charge >= 0.3 is 11.9 Å². The number of nitrogens with zero attached hydrogens (tertiary/aromatic N) is 2. The summed E-state index contributed by atoms with van der Waals surface area (Å²) in [6, 6.07) is 7.96. The van der Waals surface area contributed by atoms with E-state index in [-0.39, 0.29) is 17.7 Å². The molecule has 1 aliphatic heterocycles. The standard InChI is InChI=1S/C25H22N2O5S2/c1-5-11-31-24(30)21-15(3)26-25-27(22(21)17-6-8-18(9-7-17)32-16(4)28)23(29)20(34-25)13-19-14(2)10-12-33-19/h5-10,12-13,22H,1,11H2,2-4H3/b20-13+/t22-/m0/s1. The number of ether oxygens (including phenoxy) is 2. The number of aromatic nitrogens is 1. The Hall–Kier alpha value is -3.56. The number of fused-ring (bicyclic) bond motifs is 1. The third-order valence-electron chi connectivity index (χ3n) is 5.20. The molecule has 0 radical (unpaired) electrons. The van der Waals surface area contributed by atoms with Gasteiger partial charge in [-0.2, -0.15) is 0 Å². The Morgan fingerprint density at radius 1 is 1.21 bits per heavy atom. The maximum Gasteiger partial charge on any atom is 0.338 e. The highest BCUT2D eigenvalue weighted by Gasteiger charge is 2.33. The molecule has 0 unspecified atom stereocenters. The van der Waals surface area contributed by atoms with Crippen LogP contribution in [-0.4, -0.2) is 23.1 Å². The van der Waals surface area contributed by atoms with Crippen LogP contribution in [-0.2, 0) is 14.3 Å². The van der Waals surface area contributed by atoms with Gasteiger partial charge in [-0.05, 0) is 54.6 Å². The monoisotopic (exact) mass is 494 g/mol. The van der Waals surface area contributed by atoms with Crippen molar-refractivity contribution >= 4 is 40.7 Å². The van der Waals surface area contributed by atoms with Crippen LogP contribution < -0.4 is 19.6 Å². The van der Waals surface area contributed by atoms with Gasteiger partial charge in [-0.25, -0.2) is 9.79 Å². The first-order valence-corrected chi connectivity index (χ1v) is 12.1. The molecule has 7 nitrogen and oxygen atoms in total. The van der Waals surface area contributed by atoms with Gasteiger partial charge in [0.1, 0.15) is 12.4 Å². The molecular weight excluding hydrogens is 472 g/mol. The molecule has 0 aliphatic carbocycles. The minimum atomic E-state index is -0.744. The molecule has 0 N–H and O–H groups in total. The van der Waals surface area contributed by atoms with Gasteiger partial charge in [-0.3, -0.25) is 14.2 Å². The molecule has 1 aliphatic rings. The minimum Gasteiger partial charge on any atom is -0.458 e. The number of carbonyl (C=O) groups excluding carboxylic acids is 2. The van der Waals surface area contributed by atoms with Crippen LogP contribution in [0.25, 0.3) is 6.08 Å². The molecule has 3 aromatic rings. The quantitative estimate of drug-likeness (QED) is 0.298. The highest BCUT2D eigenvalue weighted by atomic mass is 32.1. The molecule has 9 heteroatoms. The smallest absolute Gasteiger partial charge is 0.338 e. The maximum absolute atomic E-state index is 13.6. The predicted octanol–water partition coefficient (Wildman–Crippen LogP) is 3.26. The summed E-state index contributed by atoms with van der Waals surface area (Å²) in [6.07, 6.45) is 3.34. The number of carbonyl (C=O) groups is 2. The van der Waals surface area contributed by atoms with Crippen LogP contribution in [0.15, 0.2) is 69.4 Å². The molecule has 0 amide bonds. The van der Waals surface area contributed by atoms with Crippen molar-refractivity contribution in [3.8, 4) is 5.75 Å². The topological polar surface area (TPSA) is 87.0 Å². The third kappa shape index (κ3) is 4.57. The van der Waals surface area contributed by atoms with Gasteiger partial charge in [-0.1, -0.05) is 36.1 Å². The molecular formula is C25H22N2O5S2. The highest BCUT2D eigenvalue weighted by molar-refractivity contribution is 7.11. The minimum absolute atomic E-state index is 0.0375. The summed E-state index contributed by atoms with van der Waals surface area (Å²) in [7, 11) is 0. The van der Waals surface area contributed by atoms with E-state index in [1.807, 2.05) is 24.4 Å². The number of allylic oxidation sites excluding steroid dienone is 1. The normalized spacial score (nSPS) is 15.5. The van der Waals surface area contributed by atoms with E-state index in [0.717, 1.165) is 10.4 Å². The molecule has 3 heterocycles. The van der Waals surface area contributed by atoms with Gasteiger partial charge in [0, 0.05) is 11.8 Å². The summed E-state index contributed by atoms with van der Waals surface area (Å²) < 4.78 is 12.5. The van der Waals surface area contributed by atoms with Crippen molar-refractivity contribution in [2.75, 3.05) is 6.61 Å². The van der Waals surface area contributed by atoms with Gasteiger partial charge in [-0.15, -0.1) is 11.3 Å². The van der Waals surface area contributed by atoms with Crippen molar-refractivity contribution in [1.29, 1.82) is 0 Å². The molecule has 1 aromatic carbocycles. The summed E-state index contributed by atoms with van der Waals surface area (Å²) in [5.41, 5.74) is 2.25. The Balaban J connectivity index is 1.90. The number of esters is 2. The van der Waals surface area contributed by atoms with Crippen molar-refractivity contribution in [3.63, 3.8) is 0 Å². The van der Waals surface area contributed by atoms with E-state index in [1.165, 1.54) is 28.9 Å². The number of aryl methyl sites for hydroxylation is 1. The average molecular weight is 495 g/mol. The predicted molar refractivity (Wildman–Crippen MR) is 132 cm³/mol. The molecule has 34 heavy (non-hydrogen) atoms. The lowest BCUT2D eigenvalue weighted by Gasteiger charge is -2.24. The fraction of sp³-hybridized carbons (Fsp3) is 0.200. The first-order valence-electron chi connectivity index (χ1n) is 10.4. The summed E-state index contributed by atoms with van der Waals surface area (Å²) in [5, 5.41) is 1.98.